The molecule has 0 radical (unpaired) electrons. The number of rotatable bonds is 11. The Bertz CT molecular complexity index is 217. The van der Waals surface area contributed by atoms with E-state index in [1.165, 1.54) is 25.7 Å². The Kier molecular flexibility index (Phi) is 16.1. The number of aliphatic carboxylic acids is 2. The van der Waals surface area contributed by atoms with Crippen molar-refractivity contribution in [3.8, 4) is 0 Å². The van der Waals surface area contributed by atoms with Crippen LogP contribution in [0.15, 0.2) is 0 Å². The van der Waals surface area contributed by atoms with Crippen LogP contribution in [0.2, 0.25) is 0 Å². The Labute approximate surface area is 150 Å². The second kappa shape index (κ2) is 13.9. The van der Waals surface area contributed by atoms with Crippen LogP contribution in [0.25, 0.3) is 0 Å². The molecule has 0 rings (SSSR count). The number of carbonyl (C=O) groups excluding carboxylic acids is 2. The monoisotopic (exact) mass is 380 g/mol. The first-order valence-corrected chi connectivity index (χ1v) is 6.51. The Morgan fingerprint density at radius 2 is 1.22 bits per heavy atom. The SMILES string of the molecule is CCCCCCCCCCC(C(=O)[O-])C(=O)[O-].[Ba+2]. The Morgan fingerprint density at radius 1 is 0.833 bits per heavy atom. The molecule has 0 bridgehead atoms. The van der Waals surface area contributed by atoms with Gasteiger partial charge >= 0.3 is 48.9 Å². The van der Waals surface area contributed by atoms with Crippen LogP contribution in [0.4, 0.5) is 0 Å². The quantitative estimate of drug-likeness (QED) is 0.293. The van der Waals surface area contributed by atoms with Crippen LogP contribution in [-0.2, 0) is 9.59 Å². The fourth-order valence-corrected chi connectivity index (χ4v) is 1.81. The number of carboxylic acid groups (broad SMARTS) is 2. The summed E-state index contributed by atoms with van der Waals surface area (Å²) >= 11 is 0. The largest absolute Gasteiger partial charge is 2.00 e. The maximum Gasteiger partial charge on any atom is 2.00 e. The molecule has 0 aromatic carbocycles. The molecule has 0 spiro atoms. The topological polar surface area (TPSA) is 80.3 Å². The van der Waals surface area contributed by atoms with Crippen molar-refractivity contribution in [3.05, 3.63) is 0 Å². The number of unbranched alkanes of at least 4 members (excludes halogenated alkanes) is 7. The summed E-state index contributed by atoms with van der Waals surface area (Å²) in [7, 11) is 0. The third kappa shape index (κ3) is 11.6. The van der Waals surface area contributed by atoms with Crippen LogP contribution < -0.4 is 10.2 Å². The van der Waals surface area contributed by atoms with E-state index in [-0.39, 0.29) is 55.3 Å². The minimum Gasteiger partial charge on any atom is -0.549 e. The minimum absolute atomic E-state index is 0. The van der Waals surface area contributed by atoms with Crippen molar-refractivity contribution in [1.29, 1.82) is 0 Å². The molecule has 18 heavy (non-hydrogen) atoms. The summed E-state index contributed by atoms with van der Waals surface area (Å²) in [5.41, 5.74) is 0. The molecule has 0 heterocycles. The maximum atomic E-state index is 10.4. The van der Waals surface area contributed by atoms with E-state index in [2.05, 4.69) is 6.92 Å². The summed E-state index contributed by atoms with van der Waals surface area (Å²) < 4.78 is 0. The third-order valence-electron chi connectivity index (χ3n) is 2.92. The molecule has 0 saturated heterocycles. The van der Waals surface area contributed by atoms with E-state index in [1.54, 1.807) is 0 Å². The molecule has 0 aliphatic rings. The van der Waals surface area contributed by atoms with Gasteiger partial charge in [-0.25, -0.2) is 0 Å². The molecular weight excluding hydrogens is 357 g/mol. The van der Waals surface area contributed by atoms with Crippen LogP contribution in [0.3, 0.4) is 0 Å². The number of carboxylic acids is 2. The van der Waals surface area contributed by atoms with Gasteiger partial charge in [0.15, 0.2) is 0 Å². The Hall–Kier alpha value is 0.511. The standard InChI is InChI=1S/C13H24O4.Ba/c1-2-3-4-5-6-7-8-9-10-11(12(14)15)13(16)17;/h11H,2-10H2,1H3,(H,14,15)(H,16,17);/q;+2/p-2. The van der Waals surface area contributed by atoms with E-state index in [4.69, 9.17) is 0 Å². The average molecular weight is 380 g/mol. The Morgan fingerprint density at radius 3 is 1.61 bits per heavy atom. The number of carbonyl (C=O) groups is 2. The number of hydrogen-bond acceptors (Lipinski definition) is 4. The van der Waals surface area contributed by atoms with Gasteiger partial charge in [-0.3, -0.25) is 0 Å². The van der Waals surface area contributed by atoms with Crippen LogP contribution in [-0.4, -0.2) is 60.8 Å². The van der Waals surface area contributed by atoms with E-state index in [0.29, 0.717) is 6.42 Å². The van der Waals surface area contributed by atoms with Crippen LogP contribution in [0.5, 0.6) is 0 Å². The molecule has 0 saturated carbocycles. The van der Waals surface area contributed by atoms with E-state index in [1.807, 2.05) is 0 Å². The minimum atomic E-state index is -1.53. The summed E-state index contributed by atoms with van der Waals surface area (Å²) in [4.78, 5) is 20.9. The van der Waals surface area contributed by atoms with Gasteiger partial charge in [0.05, 0.1) is 11.9 Å². The fraction of sp³-hybridized carbons (Fsp3) is 0.846. The van der Waals surface area contributed by atoms with Crippen molar-refractivity contribution < 1.29 is 19.8 Å². The van der Waals surface area contributed by atoms with Crippen molar-refractivity contribution >= 4 is 60.8 Å². The molecule has 0 N–H and O–H groups in total. The third-order valence-corrected chi connectivity index (χ3v) is 2.92. The summed E-state index contributed by atoms with van der Waals surface area (Å²) in [5.74, 6) is -4.52. The zero-order chi connectivity index (χ0) is 13.1. The van der Waals surface area contributed by atoms with Gasteiger partial charge in [0, 0.05) is 5.92 Å². The number of hydrogen-bond donors (Lipinski definition) is 0. The van der Waals surface area contributed by atoms with E-state index in [9.17, 15) is 19.8 Å². The molecule has 0 aliphatic carbocycles. The van der Waals surface area contributed by atoms with Crippen molar-refractivity contribution in [3.63, 3.8) is 0 Å². The average Bonchev–Trinajstić information content (AvgIpc) is 2.26. The van der Waals surface area contributed by atoms with Gasteiger partial charge in [0.25, 0.3) is 0 Å². The van der Waals surface area contributed by atoms with Crippen molar-refractivity contribution in [2.75, 3.05) is 0 Å². The molecule has 0 atom stereocenters. The van der Waals surface area contributed by atoms with Gasteiger partial charge in [-0.2, -0.15) is 0 Å². The van der Waals surface area contributed by atoms with Crippen molar-refractivity contribution in [2.45, 2.75) is 64.7 Å². The molecule has 0 unspecified atom stereocenters. The second-order valence-electron chi connectivity index (χ2n) is 4.45. The summed E-state index contributed by atoms with van der Waals surface area (Å²) in [6, 6.07) is 0. The first kappa shape index (κ1) is 20.8. The predicted molar refractivity (Wildman–Crippen MR) is 66.5 cm³/mol. The molecule has 100 valence electrons. The van der Waals surface area contributed by atoms with Gasteiger partial charge in [-0.15, -0.1) is 0 Å². The predicted octanol–water partition coefficient (Wildman–Crippen LogP) is 0.252. The molecule has 0 aromatic heterocycles. The maximum absolute atomic E-state index is 10.4. The Balaban J connectivity index is 0. The smallest absolute Gasteiger partial charge is 0.549 e. The normalized spacial score (nSPS) is 10.1. The molecule has 0 fully saturated rings. The summed E-state index contributed by atoms with van der Waals surface area (Å²) in [6.07, 6.45) is 8.73. The molecular formula is C13H22BaO4. The van der Waals surface area contributed by atoms with Gasteiger partial charge in [-0.05, 0) is 6.42 Å². The molecule has 0 aliphatic heterocycles. The second-order valence-corrected chi connectivity index (χ2v) is 4.45. The van der Waals surface area contributed by atoms with Gasteiger partial charge in [-0.1, -0.05) is 58.3 Å². The van der Waals surface area contributed by atoms with Crippen LogP contribution in [0.1, 0.15) is 64.7 Å². The van der Waals surface area contributed by atoms with E-state index >= 15 is 0 Å². The molecule has 0 aromatic rings. The van der Waals surface area contributed by atoms with Crippen molar-refractivity contribution in [1.82, 2.24) is 0 Å². The van der Waals surface area contributed by atoms with Crippen LogP contribution in [0, 0.1) is 5.92 Å². The summed E-state index contributed by atoms with van der Waals surface area (Å²) in [5, 5.41) is 20.9. The summed E-state index contributed by atoms with van der Waals surface area (Å²) in [6.45, 7) is 2.17. The van der Waals surface area contributed by atoms with Gasteiger partial charge < -0.3 is 19.8 Å². The van der Waals surface area contributed by atoms with E-state index in [0.717, 1.165) is 19.3 Å². The zero-order valence-corrected chi connectivity index (χ0v) is 15.7. The fourth-order valence-electron chi connectivity index (χ4n) is 1.81. The first-order chi connectivity index (χ1) is 8.09. The van der Waals surface area contributed by atoms with Crippen molar-refractivity contribution in [2.24, 2.45) is 5.92 Å². The van der Waals surface area contributed by atoms with Gasteiger partial charge in [0.1, 0.15) is 0 Å². The van der Waals surface area contributed by atoms with E-state index < -0.39 is 17.9 Å². The van der Waals surface area contributed by atoms with Gasteiger partial charge in [0.2, 0.25) is 0 Å². The molecule has 0 amide bonds. The molecule has 4 nitrogen and oxygen atoms in total. The molecule has 5 heteroatoms. The first-order valence-electron chi connectivity index (χ1n) is 6.51. The zero-order valence-electron chi connectivity index (χ0n) is 11.3. The van der Waals surface area contributed by atoms with Crippen LogP contribution >= 0.6 is 0 Å².